The Hall–Kier alpha value is -2.57. The minimum Gasteiger partial charge on any atom is -0.491 e. The molecule has 0 fully saturated rings. The number of nitrogens with one attached hydrogen (secondary N) is 2. The SMILES string of the molecule is CN=C(NCCOc1ccccc1C(C)(C)C)NC1CCCn2nc(C)nc21. The largest absolute Gasteiger partial charge is 0.491 e. The Kier molecular flexibility index (Phi) is 6.21. The third-order valence-corrected chi connectivity index (χ3v) is 4.86. The molecule has 2 aromatic rings. The van der Waals surface area contributed by atoms with E-state index >= 15 is 0 Å². The maximum atomic E-state index is 6.04. The fourth-order valence-electron chi connectivity index (χ4n) is 3.51. The van der Waals surface area contributed by atoms with E-state index in [2.05, 4.69) is 58.6 Å². The smallest absolute Gasteiger partial charge is 0.191 e. The van der Waals surface area contributed by atoms with E-state index in [1.165, 1.54) is 5.56 Å². The van der Waals surface area contributed by atoms with Crippen LogP contribution in [0.3, 0.4) is 0 Å². The number of fused-ring (bicyclic) bond motifs is 1. The van der Waals surface area contributed by atoms with Crippen LogP contribution in [0.1, 0.15) is 56.9 Å². The van der Waals surface area contributed by atoms with Crippen molar-refractivity contribution >= 4 is 5.96 Å². The van der Waals surface area contributed by atoms with Crippen molar-refractivity contribution in [1.82, 2.24) is 25.4 Å². The van der Waals surface area contributed by atoms with Crippen molar-refractivity contribution in [1.29, 1.82) is 0 Å². The van der Waals surface area contributed by atoms with Crippen molar-refractivity contribution in [3.8, 4) is 5.75 Å². The minimum atomic E-state index is 0.0523. The van der Waals surface area contributed by atoms with Gasteiger partial charge in [0, 0.05) is 13.6 Å². The number of aryl methyl sites for hydroxylation is 2. The fourth-order valence-corrected chi connectivity index (χ4v) is 3.51. The molecule has 152 valence electrons. The first-order chi connectivity index (χ1) is 13.4. The van der Waals surface area contributed by atoms with E-state index in [1.807, 2.05) is 23.7 Å². The lowest BCUT2D eigenvalue weighted by molar-refractivity contribution is 0.312. The van der Waals surface area contributed by atoms with Gasteiger partial charge in [-0.2, -0.15) is 5.10 Å². The number of hydrogen-bond acceptors (Lipinski definition) is 4. The Morgan fingerprint density at radius 3 is 2.86 bits per heavy atom. The predicted octanol–water partition coefficient (Wildman–Crippen LogP) is 2.96. The van der Waals surface area contributed by atoms with Crippen molar-refractivity contribution < 1.29 is 4.74 Å². The lowest BCUT2D eigenvalue weighted by atomic mass is 9.86. The Morgan fingerprint density at radius 2 is 2.11 bits per heavy atom. The minimum absolute atomic E-state index is 0.0523. The summed E-state index contributed by atoms with van der Waals surface area (Å²) in [4.78, 5) is 8.92. The number of benzene rings is 1. The monoisotopic (exact) mass is 384 g/mol. The number of nitrogens with zero attached hydrogens (tertiary/aromatic N) is 4. The van der Waals surface area contributed by atoms with Gasteiger partial charge in [-0.25, -0.2) is 9.67 Å². The van der Waals surface area contributed by atoms with Gasteiger partial charge in [0.25, 0.3) is 0 Å². The summed E-state index contributed by atoms with van der Waals surface area (Å²) in [5, 5.41) is 11.3. The highest BCUT2D eigenvalue weighted by Gasteiger charge is 2.24. The zero-order chi connectivity index (χ0) is 20.1. The Bertz CT molecular complexity index is 821. The summed E-state index contributed by atoms with van der Waals surface area (Å²) in [6.45, 7) is 10.7. The molecule has 0 bridgehead atoms. The number of guanidine groups is 1. The van der Waals surface area contributed by atoms with Crippen LogP contribution in [0.4, 0.5) is 0 Å². The van der Waals surface area contributed by atoms with E-state index in [9.17, 15) is 0 Å². The van der Waals surface area contributed by atoms with Crippen molar-refractivity contribution in [3.05, 3.63) is 41.5 Å². The van der Waals surface area contributed by atoms with E-state index in [4.69, 9.17) is 4.74 Å². The quantitative estimate of drug-likeness (QED) is 0.471. The average molecular weight is 385 g/mol. The molecule has 1 aromatic carbocycles. The summed E-state index contributed by atoms with van der Waals surface area (Å²) in [6.07, 6.45) is 2.10. The molecule has 7 heteroatoms. The van der Waals surface area contributed by atoms with Gasteiger partial charge in [-0.3, -0.25) is 4.99 Å². The summed E-state index contributed by atoms with van der Waals surface area (Å²) in [5.74, 6) is 3.50. The van der Waals surface area contributed by atoms with Crippen LogP contribution in [0.5, 0.6) is 5.75 Å². The lowest BCUT2D eigenvalue weighted by Crippen LogP contribution is -2.42. The maximum Gasteiger partial charge on any atom is 0.191 e. The lowest BCUT2D eigenvalue weighted by Gasteiger charge is -2.25. The Morgan fingerprint density at radius 1 is 1.32 bits per heavy atom. The van der Waals surface area contributed by atoms with E-state index in [1.54, 1.807) is 7.05 Å². The first kappa shape index (κ1) is 20.2. The standard InChI is InChI=1S/C21H32N6O/c1-15-24-19-17(10-8-13-27(19)26-15)25-20(22-5)23-12-14-28-18-11-7-6-9-16(18)21(2,3)4/h6-7,9,11,17H,8,10,12-14H2,1-5H3,(H2,22,23,25). The predicted molar refractivity (Wildman–Crippen MR) is 112 cm³/mol. The molecule has 7 nitrogen and oxygen atoms in total. The summed E-state index contributed by atoms with van der Waals surface area (Å²) >= 11 is 0. The van der Waals surface area contributed by atoms with Crippen LogP contribution in [0.2, 0.25) is 0 Å². The van der Waals surface area contributed by atoms with Crippen molar-refractivity contribution in [2.24, 2.45) is 4.99 Å². The topological polar surface area (TPSA) is 76.4 Å². The van der Waals surface area contributed by atoms with Gasteiger partial charge < -0.3 is 15.4 Å². The number of rotatable bonds is 5. The molecule has 2 heterocycles. The van der Waals surface area contributed by atoms with E-state index < -0.39 is 0 Å². The molecule has 3 rings (SSSR count). The fraction of sp³-hybridized carbons (Fsp3) is 0.571. The molecule has 1 unspecified atom stereocenters. The number of hydrogen-bond donors (Lipinski definition) is 2. The molecule has 1 aliphatic heterocycles. The first-order valence-electron chi connectivity index (χ1n) is 9.99. The summed E-state index contributed by atoms with van der Waals surface area (Å²) in [6, 6.07) is 8.36. The van der Waals surface area contributed by atoms with E-state index in [0.717, 1.165) is 42.7 Å². The van der Waals surface area contributed by atoms with Crippen molar-refractivity contribution in [2.75, 3.05) is 20.2 Å². The second-order valence-corrected chi connectivity index (χ2v) is 8.17. The molecule has 28 heavy (non-hydrogen) atoms. The molecule has 1 atom stereocenters. The highest BCUT2D eigenvalue weighted by molar-refractivity contribution is 5.80. The van der Waals surface area contributed by atoms with Gasteiger partial charge in [0.15, 0.2) is 5.96 Å². The summed E-state index contributed by atoms with van der Waals surface area (Å²) in [7, 11) is 1.78. The van der Waals surface area contributed by atoms with Crippen LogP contribution < -0.4 is 15.4 Å². The van der Waals surface area contributed by atoms with Crippen LogP contribution in [0, 0.1) is 6.92 Å². The van der Waals surface area contributed by atoms with Gasteiger partial charge in [0.05, 0.1) is 12.6 Å². The zero-order valence-corrected chi connectivity index (χ0v) is 17.6. The van der Waals surface area contributed by atoms with Crippen LogP contribution in [0.15, 0.2) is 29.3 Å². The molecule has 0 saturated carbocycles. The molecular weight excluding hydrogens is 352 g/mol. The van der Waals surface area contributed by atoms with Crippen molar-refractivity contribution in [2.45, 2.75) is 58.5 Å². The number of aliphatic imine (C=N–C) groups is 1. The molecule has 0 amide bonds. The highest BCUT2D eigenvalue weighted by atomic mass is 16.5. The van der Waals surface area contributed by atoms with Gasteiger partial charge in [-0.1, -0.05) is 39.0 Å². The highest BCUT2D eigenvalue weighted by Crippen LogP contribution is 2.30. The molecule has 2 N–H and O–H groups in total. The van der Waals surface area contributed by atoms with Crippen LogP contribution in [-0.4, -0.2) is 40.9 Å². The average Bonchev–Trinajstić information content (AvgIpc) is 3.05. The summed E-state index contributed by atoms with van der Waals surface area (Å²) in [5.41, 5.74) is 1.27. The maximum absolute atomic E-state index is 6.04. The third kappa shape index (κ3) is 4.82. The second kappa shape index (κ2) is 8.63. The van der Waals surface area contributed by atoms with Gasteiger partial charge in [0.1, 0.15) is 24.0 Å². The van der Waals surface area contributed by atoms with Crippen LogP contribution in [0.25, 0.3) is 0 Å². The Labute approximate surface area is 167 Å². The number of ether oxygens (including phenoxy) is 1. The van der Waals surface area contributed by atoms with Gasteiger partial charge in [-0.05, 0) is 36.8 Å². The molecule has 1 aromatic heterocycles. The molecule has 1 aliphatic rings. The molecule has 0 spiro atoms. The van der Waals surface area contributed by atoms with Crippen LogP contribution >= 0.6 is 0 Å². The second-order valence-electron chi connectivity index (χ2n) is 8.17. The van der Waals surface area contributed by atoms with Crippen LogP contribution in [-0.2, 0) is 12.0 Å². The number of para-hydroxylation sites is 1. The van der Waals surface area contributed by atoms with Gasteiger partial charge in [0.2, 0.25) is 0 Å². The Balaban J connectivity index is 1.52. The van der Waals surface area contributed by atoms with E-state index in [0.29, 0.717) is 13.2 Å². The van der Waals surface area contributed by atoms with Gasteiger partial charge >= 0.3 is 0 Å². The summed E-state index contributed by atoms with van der Waals surface area (Å²) < 4.78 is 8.03. The van der Waals surface area contributed by atoms with Crippen molar-refractivity contribution in [3.63, 3.8) is 0 Å². The molecule has 0 aliphatic carbocycles. The molecular formula is C21H32N6O. The number of aromatic nitrogens is 3. The molecule has 0 radical (unpaired) electrons. The van der Waals surface area contributed by atoms with Gasteiger partial charge in [-0.15, -0.1) is 0 Å². The first-order valence-corrected chi connectivity index (χ1v) is 9.99. The normalized spacial score (nSPS) is 17.2. The molecule has 0 saturated heterocycles. The van der Waals surface area contributed by atoms with E-state index in [-0.39, 0.29) is 11.5 Å². The zero-order valence-electron chi connectivity index (χ0n) is 17.6. The third-order valence-electron chi connectivity index (χ3n) is 4.86.